The van der Waals surface area contributed by atoms with Crippen molar-refractivity contribution in [3.05, 3.63) is 28.3 Å². The van der Waals surface area contributed by atoms with Crippen LogP contribution in [0.4, 0.5) is 17.1 Å². The Kier molecular flexibility index (Phi) is 4.21. The number of nitrogens with one attached hydrogen (secondary N) is 1. The lowest BCUT2D eigenvalue weighted by Gasteiger charge is -2.18. The van der Waals surface area contributed by atoms with Crippen LogP contribution in [0, 0.1) is 22.0 Å². The van der Waals surface area contributed by atoms with Gasteiger partial charge in [0.15, 0.2) is 0 Å². The fourth-order valence-electron chi connectivity index (χ4n) is 2.71. The largest absolute Gasteiger partial charge is 0.398 e. The topological polar surface area (TPSA) is 101 Å². The average molecular weight is 265 g/mol. The number of nitro benzene ring substituents is 1. The van der Waals surface area contributed by atoms with Crippen molar-refractivity contribution in [2.45, 2.75) is 19.3 Å². The summed E-state index contributed by atoms with van der Waals surface area (Å²) in [5, 5.41) is 23.2. The van der Waals surface area contributed by atoms with Gasteiger partial charge < -0.3 is 16.2 Å². The monoisotopic (exact) mass is 265 g/mol. The highest BCUT2D eigenvalue weighted by Gasteiger charge is 2.26. The highest BCUT2D eigenvalue weighted by molar-refractivity contribution is 5.61. The van der Waals surface area contributed by atoms with Crippen molar-refractivity contribution < 1.29 is 10.0 Å². The maximum absolute atomic E-state index is 10.8. The summed E-state index contributed by atoms with van der Waals surface area (Å²) in [7, 11) is 0. The van der Waals surface area contributed by atoms with Gasteiger partial charge in [-0.1, -0.05) is 6.42 Å². The zero-order chi connectivity index (χ0) is 13.8. The van der Waals surface area contributed by atoms with Crippen molar-refractivity contribution in [2.75, 3.05) is 24.2 Å². The minimum Gasteiger partial charge on any atom is -0.398 e. The number of nitrogens with zero attached hydrogens (tertiary/aromatic N) is 1. The molecule has 1 aliphatic carbocycles. The third kappa shape index (κ3) is 3.35. The number of nitrogens with two attached hydrogens (primary N) is 1. The van der Waals surface area contributed by atoms with E-state index in [1.165, 1.54) is 12.1 Å². The lowest BCUT2D eigenvalue weighted by molar-refractivity contribution is -0.384. The van der Waals surface area contributed by atoms with E-state index in [-0.39, 0.29) is 12.3 Å². The molecule has 0 bridgehead atoms. The Balaban J connectivity index is 2.01. The van der Waals surface area contributed by atoms with Crippen LogP contribution in [0.1, 0.15) is 19.3 Å². The predicted octanol–water partition coefficient (Wildman–Crippen LogP) is 2.00. The molecule has 0 spiro atoms. The molecule has 1 fully saturated rings. The Bertz CT molecular complexity index is 464. The van der Waals surface area contributed by atoms with Gasteiger partial charge >= 0.3 is 0 Å². The second-order valence-corrected chi connectivity index (χ2v) is 5.08. The second kappa shape index (κ2) is 5.88. The molecule has 1 aromatic carbocycles. The molecule has 0 amide bonds. The van der Waals surface area contributed by atoms with E-state index in [9.17, 15) is 15.2 Å². The Hall–Kier alpha value is -1.82. The number of anilines is 2. The maximum atomic E-state index is 10.8. The minimum atomic E-state index is -0.451. The van der Waals surface area contributed by atoms with Crippen LogP contribution in [0.2, 0.25) is 0 Å². The van der Waals surface area contributed by atoms with Crippen LogP contribution in [-0.4, -0.2) is 23.2 Å². The first-order valence-corrected chi connectivity index (χ1v) is 6.50. The molecule has 0 aliphatic heterocycles. The van der Waals surface area contributed by atoms with Gasteiger partial charge in [-0.15, -0.1) is 0 Å². The fourth-order valence-corrected chi connectivity index (χ4v) is 2.71. The molecule has 0 saturated heterocycles. The number of benzene rings is 1. The van der Waals surface area contributed by atoms with Gasteiger partial charge in [0.2, 0.25) is 0 Å². The van der Waals surface area contributed by atoms with Gasteiger partial charge in [0.05, 0.1) is 4.92 Å². The van der Waals surface area contributed by atoms with Crippen molar-refractivity contribution in [3.8, 4) is 0 Å². The summed E-state index contributed by atoms with van der Waals surface area (Å²) in [6.07, 6.45) is 3.28. The third-order valence-corrected chi connectivity index (χ3v) is 3.77. The third-order valence-electron chi connectivity index (χ3n) is 3.77. The average Bonchev–Trinajstić information content (AvgIpc) is 2.83. The number of hydrogen-bond acceptors (Lipinski definition) is 5. The Morgan fingerprint density at radius 2 is 2.11 bits per heavy atom. The van der Waals surface area contributed by atoms with Gasteiger partial charge in [0.1, 0.15) is 0 Å². The number of nitro groups is 1. The smallest absolute Gasteiger partial charge is 0.273 e. The lowest BCUT2D eigenvalue weighted by atomic mass is 9.97. The van der Waals surface area contributed by atoms with Gasteiger partial charge in [-0.05, 0) is 30.7 Å². The lowest BCUT2D eigenvalue weighted by Crippen LogP contribution is -2.20. The molecule has 2 rings (SSSR count). The van der Waals surface area contributed by atoms with Crippen molar-refractivity contribution in [1.82, 2.24) is 0 Å². The van der Waals surface area contributed by atoms with Crippen molar-refractivity contribution in [3.63, 3.8) is 0 Å². The summed E-state index contributed by atoms with van der Waals surface area (Å²) in [6, 6.07) is 4.52. The van der Waals surface area contributed by atoms with Crippen molar-refractivity contribution in [2.24, 2.45) is 11.8 Å². The van der Waals surface area contributed by atoms with Crippen LogP contribution >= 0.6 is 0 Å². The van der Waals surface area contributed by atoms with Crippen LogP contribution in [0.5, 0.6) is 0 Å². The van der Waals surface area contributed by atoms with E-state index in [4.69, 9.17) is 5.73 Å². The highest BCUT2D eigenvalue weighted by atomic mass is 16.6. The van der Waals surface area contributed by atoms with E-state index < -0.39 is 4.92 Å². The number of aliphatic hydroxyl groups is 1. The quantitative estimate of drug-likeness (QED) is 0.429. The molecule has 6 nitrogen and oxygen atoms in total. The summed E-state index contributed by atoms with van der Waals surface area (Å²) >= 11 is 0. The summed E-state index contributed by atoms with van der Waals surface area (Å²) < 4.78 is 0. The minimum absolute atomic E-state index is 0.00682. The maximum Gasteiger partial charge on any atom is 0.273 e. The molecule has 1 aliphatic rings. The Morgan fingerprint density at radius 1 is 1.37 bits per heavy atom. The van der Waals surface area contributed by atoms with Crippen molar-refractivity contribution >= 4 is 17.1 Å². The van der Waals surface area contributed by atoms with Gasteiger partial charge in [0.25, 0.3) is 5.69 Å². The number of aliphatic hydroxyl groups excluding tert-OH is 1. The molecule has 4 N–H and O–H groups in total. The van der Waals surface area contributed by atoms with E-state index >= 15 is 0 Å². The van der Waals surface area contributed by atoms with E-state index in [0.717, 1.165) is 19.3 Å². The van der Waals surface area contributed by atoms with Crippen LogP contribution in [0.15, 0.2) is 18.2 Å². The van der Waals surface area contributed by atoms with Gasteiger partial charge in [-0.2, -0.15) is 0 Å². The molecule has 0 aromatic heterocycles. The van der Waals surface area contributed by atoms with E-state index in [1.54, 1.807) is 6.07 Å². The highest BCUT2D eigenvalue weighted by Crippen LogP contribution is 2.32. The molecule has 1 aromatic rings. The van der Waals surface area contributed by atoms with Crippen LogP contribution < -0.4 is 11.1 Å². The normalized spacial score (nSPS) is 22.4. The zero-order valence-corrected chi connectivity index (χ0v) is 10.7. The standard InChI is InChI=1S/C13H19N3O3/c14-11-4-12(6-13(5-11)16(18)19)15-7-9-2-1-3-10(9)8-17/h4-6,9-10,15,17H,1-3,7-8,14H2. The molecule has 0 radical (unpaired) electrons. The molecule has 2 unspecified atom stereocenters. The van der Waals surface area contributed by atoms with Gasteiger partial charge in [0, 0.05) is 36.7 Å². The van der Waals surface area contributed by atoms with Gasteiger partial charge in [-0.25, -0.2) is 0 Å². The second-order valence-electron chi connectivity index (χ2n) is 5.08. The van der Waals surface area contributed by atoms with Crippen LogP contribution in [-0.2, 0) is 0 Å². The summed E-state index contributed by atoms with van der Waals surface area (Å²) in [6.45, 7) is 0.926. The predicted molar refractivity (Wildman–Crippen MR) is 73.9 cm³/mol. The molecule has 1 saturated carbocycles. The summed E-state index contributed by atoms with van der Waals surface area (Å²) in [5.41, 5.74) is 6.68. The SMILES string of the molecule is Nc1cc(NCC2CCCC2CO)cc([N+](=O)[O-])c1. The zero-order valence-electron chi connectivity index (χ0n) is 10.7. The molecule has 104 valence electrons. The molecule has 6 heteroatoms. The summed E-state index contributed by atoms with van der Waals surface area (Å²) in [5.74, 6) is 0.758. The molecular weight excluding hydrogens is 246 g/mol. The van der Waals surface area contributed by atoms with E-state index in [2.05, 4.69) is 5.32 Å². The molecule has 0 heterocycles. The number of rotatable bonds is 5. The molecular formula is C13H19N3O3. The van der Waals surface area contributed by atoms with Crippen LogP contribution in [0.3, 0.4) is 0 Å². The summed E-state index contributed by atoms with van der Waals surface area (Å²) in [4.78, 5) is 10.3. The molecule has 19 heavy (non-hydrogen) atoms. The van der Waals surface area contributed by atoms with Gasteiger partial charge in [-0.3, -0.25) is 10.1 Å². The first-order chi connectivity index (χ1) is 9.10. The fraction of sp³-hybridized carbons (Fsp3) is 0.538. The van der Waals surface area contributed by atoms with E-state index in [1.807, 2.05) is 0 Å². The van der Waals surface area contributed by atoms with Crippen molar-refractivity contribution in [1.29, 1.82) is 0 Å². The number of non-ortho nitro benzene ring substituents is 1. The number of hydrogen-bond donors (Lipinski definition) is 3. The Morgan fingerprint density at radius 3 is 2.79 bits per heavy atom. The first kappa shape index (κ1) is 13.6. The Labute approximate surface area is 111 Å². The van der Waals surface area contributed by atoms with E-state index in [0.29, 0.717) is 29.8 Å². The van der Waals surface area contributed by atoms with Crippen LogP contribution in [0.25, 0.3) is 0 Å². The number of nitrogen functional groups attached to an aromatic ring is 1. The first-order valence-electron chi connectivity index (χ1n) is 6.50. The molecule has 2 atom stereocenters.